The molecule has 3 aromatic carbocycles. The van der Waals surface area contributed by atoms with Gasteiger partial charge in [-0.15, -0.1) is 0 Å². The van der Waals surface area contributed by atoms with E-state index in [0.717, 1.165) is 21.3 Å². The molecule has 0 atom stereocenters. The van der Waals surface area contributed by atoms with Crippen LogP contribution in [0.2, 0.25) is 5.02 Å². The first-order valence-corrected chi connectivity index (χ1v) is 9.61. The van der Waals surface area contributed by atoms with Crippen molar-refractivity contribution in [2.75, 3.05) is 12.5 Å². The molecule has 2 N–H and O–H groups in total. The van der Waals surface area contributed by atoms with Crippen molar-refractivity contribution in [2.24, 2.45) is 0 Å². The molecule has 0 saturated heterocycles. The molecule has 0 bridgehead atoms. The number of hydrogen-bond acceptors (Lipinski definition) is 4. The smallest absolute Gasteiger partial charge is 0.162 e. The van der Waals surface area contributed by atoms with Gasteiger partial charge in [-0.1, -0.05) is 63.9 Å². The largest absolute Gasteiger partial charge is 0.493 e. The number of methoxy groups -OCH3 is 1. The second-order valence-electron chi connectivity index (χ2n) is 5.82. The van der Waals surface area contributed by atoms with Crippen molar-refractivity contribution in [3.8, 4) is 11.5 Å². The van der Waals surface area contributed by atoms with Crippen LogP contribution in [0, 0.1) is 0 Å². The van der Waals surface area contributed by atoms with E-state index in [-0.39, 0.29) is 0 Å². The van der Waals surface area contributed by atoms with Gasteiger partial charge in [0.05, 0.1) is 7.11 Å². The van der Waals surface area contributed by atoms with Crippen LogP contribution in [0.5, 0.6) is 11.5 Å². The summed E-state index contributed by atoms with van der Waals surface area (Å²) in [6.07, 6.45) is 0. The van der Waals surface area contributed by atoms with Crippen LogP contribution >= 0.6 is 27.5 Å². The lowest BCUT2D eigenvalue weighted by Gasteiger charge is -2.15. The van der Waals surface area contributed by atoms with Gasteiger partial charge in [-0.2, -0.15) is 0 Å². The van der Waals surface area contributed by atoms with Gasteiger partial charge in [0.1, 0.15) is 6.61 Å². The average molecular weight is 448 g/mol. The number of benzene rings is 3. The fourth-order valence-corrected chi connectivity index (χ4v) is 3.17. The first-order valence-electron chi connectivity index (χ1n) is 8.44. The second kappa shape index (κ2) is 9.65. The van der Waals surface area contributed by atoms with Crippen LogP contribution in [0.25, 0.3) is 0 Å². The third-order valence-electron chi connectivity index (χ3n) is 3.96. The highest BCUT2D eigenvalue weighted by Crippen LogP contribution is 2.34. The Morgan fingerprint density at radius 1 is 0.926 bits per heavy atom. The number of halogens is 2. The Bertz CT molecular complexity index is 891. The predicted octanol–water partition coefficient (Wildman–Crippen LogP) is 5.81. The summed E-state index contributed by atoms with van der Waals surface area (Å²) in [4.78, 5) is 0. The van der Waals surface area contributed by atoms with E-state index in [1.54, 1.807) is 7.11 Å². The fraction of sp³-hybridized carbons (Fsp3) is 0.143. The molecule has 0 amide bonds. The highest BCUT2D eigenvalue weighted by molar-refractivity contribution is 9.10. The maximum atomic E-state index is 6.19. The van der Waals surface area contributed by atoms with E-state index in [1.165, 1.54) is 0 Å². The van der Waals surface area contributed by atoms with E-state index in [0.29, 0.717) is 29.7 Å². The standard InChI is InChI=1S/C21H20BrClN2O2/c1-26-20-11-16(13-24-25-17-8-3-2-4-9-17)18(22)12-21(20)27-14-15-7-5-6-10-19(15)23/h2-12,24-25H,13-14H2,1H3. The minimum absolute atomic E-state index is 0.371. The lowest BCUT2D eigenvalue weighted by molar-refractivity contribution is 0.284. The molecule has 6 heteroatoms. The summed E-state index contributed by atoms with van der Waals surface area (Å²) in [5, 5.41) is 0.684. The molecule has 27 heavy (non-hydrogen) atoms. The minimum atomic E-state index is 0.371. The van der Waals surface area contributed by atoms with Gasteiger partial charge in [-0.25, -0.2) is 5.43 Å². The Hall–Kier alpha value is -2.21. The Kier molecular flexibility index (Phi) is 6.98. The summed E-state index contributed by atoms with van der Waals surface area (Å²) in [7, 11) is 1.63. The molecule has 0 aliphatic heterocycles. The summed E-state index contributed by atoms with van der Waals surface area (Å²) < 4.78 is 12.4. The third-order valence-corrected chi connectivity index (χ3v) is 5.07. The Balaban J connectivity index is 1.66. The maximum absolute atomic E-state index is 6.19. The molecule has 0 radical (unpaired) electrons. The number of hydrazine groups is 1. The summed E-state index contributed by atoms with van der Waals surface area (Å²) >= 11 is 9.80. The quantitative estimate of drug-likeness (QED) is 0.428. The van der Waals surface area contributed by atoms with E-state index in [1.807, 2.05) is 66.7 Å². The monoisotopic (exact) mass is 446 g/mol. The summed E-state index contributed by atoms with van der Waals surface area (Å²) in [5.74, 6) is 1.32. The van der Waals surface area contributed by atoms with E-state index in [4.69, 9.17) is 21.1 Å². The topological polar surface area (TPSA) is 42.5 Å². The van der Waals surface area contributed by atoms with Gasteiger partial charge in [-0.3, -0.25) is 0 Å². The molecule has 0 heterocycles. The van der Waals surface area contributed by atoms with Crippen LogP contribution < -0.4 is 20.3 Å². The molecule has 0 saturated carbocycles. The van der Waals surface area contributed by atoms with E-state index in [2.05, 4.69) is 26.8 Å². The van der Waals surface area contributed by atoms with E-state index in [9.17, 15) is 0 Å². The molecule has 0 spiro atoms. The fourth-order valence-electron chi connectivity index (χ4n) is 2.52. The lowest BCUT2D eigenvalue weighted by Crippen LogP contribution is -2.21. The Morgan fingerprint density at radius 3 is 2.41 bits per heavy atom. The summed E-state index contributed by atoms with van der Waals surface area (Å²) in [5.41, 5.74) is 9.34. The van der Waals surface area contributed by atoms with Crippen LogP contribution in [-0.2, 0) is 13.2 Å². The van der Waals surface area contributed by atoms with Crippen molar-refractivity contribution in [1.82, 2.24) is 5.43 Å². The first kappa shape index (κ1) is 19.5. The van der Waals surface area contributed by atoms with Gasteiger partial charge in [0.2, 0.25) is 0 Å². The van der Waals surface area contributed by atoms with Crippen molar-refractivity contribution in [3.05, 3.63) is 87.4 Å². The van der Waals surface area contributed by atoms with E-state index < -0.39 is 0 Å². The second-order valence-corrected chi connectivity index (χ2v) is 7.08. The van der Waals surface area contributed by atoms with Gasteiger partial charge in [-0.05, 0) is 35.9 Å². The summed E-state index contributed by atoms with van der Waals surface area (Å²) in [6.45, 7) is 0.978. The molecule has 4 nitrogen and oxygen atoms in total. The number of ether oxygens (including phenoxy) is 2. The highest BCUT2D eigenvalue weighted by atomic mass is 79.9. The van der Waals surface area contributed by atoms with Gasteiger partial charge in [0.25, 0.3) is 0 Å². The SMILES string of the molecule is COc1cc(CNNc2ccccc2)c(Br)cc1OCc1ccccc1Cl. The van der Waals surface area contributed by atoms with Crippen LogP contribution in [0.3, 0.4) is 0 Å². The van der Waals surface area contributed by atoms with Crippen molar-refractivity contribution in [2.45, 2.75) is 13.2 Å². The highest BCUT2D eigenvalue weighted by Gasteiger charge is 2.11. The predicted molar refractivity (Wildman–Crippen MR) is 113 cm³/mol. The zero-order valence-electron chi connectivity index (χ0n) is 14.8. The molecule has 0 unspecified atom stereocenters. The molecule has 0 aromatic heterocycles. The van der Waals surface area contributed by atoms with Crippen LogP contribution in [0.1, 0.15) is 11.1 Å². The van der Waals surface area contributed by atoms with Gasteiger partial charge in [0.15, 0.2) is 11.5 Å². The molecular weight excluding hydrogens is 428 g/mol. The summed E-state index contributed by atoms with van der Waals surface area (Å²) in [6, 6.07) is 21.4. The molecule has 140 valence electrons. The van der Waals surface area contributed by atoms with Crippen molar-refractivity contribution < 1.29 is 9.47 Å². The van der Waals surface area contributed by atoms with Gasteiger partial charge >= 0.3 is 0 Å². The normalized spacial score (nSPS) is 10.5. The molecule has 0 aliphatic carbocycles. The number of para-hydroxylation sites is 1. The van der Waals surface area contributed by atoms with E-state index >= 15 is 0 Å². The third kappa shape index (κ3) is 5.39. The minimum Gasteiger partial charge on any atom is -0.493 e. The Labute approximate surface area is 172 Å². The zero-order valence-corrected chi connectivity index (χ0v) is 17.2. The molecule has 3 aromatic rings. The molecule has 3 rings (SSSR count). The van der Waals surface area contributed by atoms with Gasteiger partial charge in [0, 0.05) is 27.3 Å². The van der Waals surface area contributed by atoms with Crippen molar-refractivity contribution in [1.29, 1.82) is 0 Å². The lowest BCUT2D eigenvalue weighted by atomic mass is 10.2. The van der Waals surface area contributed by atoms with Crippen molar-refractivity contribution >= 4 is 33.2 Å². The van der Waals surface area contributed by atoms with Crippen LogP contribution in [0.15, 0.2) is 71.2 Å². The molecule has 0 aliphatic rings. The number of rotatable bonds is 8. The number of hydrogen-bond donors (Lipinski definition) is 2. The molecular formula is C21H20BrClN2O2. The van der Waals surface area contributed by atoms with Crippen molar-refractivity contribution in [3.63, 3.8) is 0 Å². The van der Waals surface area contributed by atoms with Crippen LogP contribution in [-0.4, -0.2) is 7.11 Å². The average Bonchev–Trinajstić information content (AvgIpc) is 2.69. The number of nitrogens with one attached hydrogen (secondary N) is 2. The van der Waals surface area contributed by atoms with Gasteiger partial charge < -0.3 is 14.9 Å². The van der Waals surface area contributed by atoms with Crippen LogP contribution in [0.4, 0.5) is 5.69 Å². The first-order chi connectivity index (χ1) is 13.2. The molecule has 0 fully saturated rings. The zero-order chi connectivity index (χ0) is 19.1. The maximum Gasteiger partial charge on any atom is 0.162 e. The Morgan fingerprint density at radius 2 is 1.67 bits per heavy atom. The number of anilines is 1.